The highest BCUT2D eigenvalue weighted by atomic mass is 15.3. The first kappa shape index (κ1) is 21.6. The minimum absolute atomic E-state index is 0.829. The molecule has 0 aliphatic rings. The molecule has 2 aromatic rings. The molecule has 4 nitrogen and oxygen atoms in total. The maximum absolute atomic E-state index is 4.23. The third kappa shape index (κ3) is 8.23. The Balaban J connectivity index is 0. The summed E-state index contributed by atoms with van der Waals surface area (Å²) in [6, 6.07) is 0. The van der Waals surface area contributed by atoms with Crippen LogP contribution in [0.1, 0.15) is 56.0 Å². The minimum Gasteiger partial charge on any atom is -0.272 e. The molecule has 0 fully saturated rings. The maximum atomic E-state index is 4.23. The molecular weight excluding hydrogens is 260 g/mol. The Hall–Kier alpha value is -1.71. The van der Waals surface area contributed by atoms with Gasteiger partial charge in [-0.25, -0.2) is 9.97 Å². The van der Waals surface area contributed by atoms with Gasteiger partial charge < -0.3 is 0 Å². The van der Waals surface area contributed by atoms with Crippen LogP contribution >= 0.6 is 0 Å². The van der Waals surface area contributed by atoms with Crippen LogP contribution in [0.2, 0.25) is 0 Å². The van der Waals surface area contributed by atoms with Gasteiger partial charge in [0.15, 0.2) is 0 Å². The van der Waals surface area contributed by atoms with Crippen LogP contribution in [0.5, 0.6) is 0 Å². The largest absolute Gasteiger partial charge is 0.272 e. The zero-order valence-electron chi connectivity index (χ0n) is 15.4. The first-order chi connectivity index (χ1) is 9.91. The minimum atomic E-state index is 0.829. The van der Waals surface area contributed by atoms with E-state index in [1.54, 1.807) is 0 Å². The Bertz CT molecular complexity index is 441. The molecule has 0 aliphatic heterocycles. The summed E-state index contributed by atoms with van der Waals surface area (Å²) in [5.74, 6) is 0.829. The van der Waals surface area contributed by atoms with Crippen molar-refractivity contribution in [1.82, 2.24) is 19.7 Å². The molecule has 0 aromatic carbocycles. The maximum Gasteiger partial charge on any atom is 0.125 e. The summed E-state index contributed by atoms with van der Waals surface area (Å²) in [5.41, 5.74) is 4.80. The van der Waals surface area contributed by atoms with Crippen LogP contribution in [0.4, 0.5) is 0 Å². The highest BCUT2D eigenvalue weighted by molar-refractivity contribution is 5.21. The second kappa shape index (κ2) is 12.1. The fourth-order valence-corrected chi connectivity index (χ4v) is 1.34. The predicted octanol–water partition coefficient (Wildman–Crippen LogP) is 4.49. The van der Waals surface area contributed by atoms with Crippen molar-refractivity contribution in [1.29, 1.82) is 0 Å². The van der Waals surface area contributed by atoms with Gasteiger partial charge in [0.25, 0.3) is 0 Å². The molecule has 2 heterocycles. The molecule has 2 rings (SSSR count). The lowest BCUT2D eigenvalue weighted by Crippen LogP contribution is -1.92. The SMILES string of the molecule is CC.CC.Cc1cnc(C)nc1.Cc1nn(C)c(C)c1C. The molecule has 4 heteroatoms. The molecule has 2 aromatic heterocycles. The molecule has 0 spiro atoms. The molecule has 0 amide bonds. The van der Waals surface area contributed by atoms with E-state index in [2.05, 4.69) is 28.9 Å². The monoisotopic (exact) mass is 292 g/mol. The van der Waals surface area contributed by atoms with Crippen LogP contribution in [0.3, 0.4) is 0 Å². The van der Waals surface area contributed by atoms with Gasteiger partial charge in [-0.3, -0.25) is 4.68 Å². The number of hydrogen-bond acceptors (Lipinski definition) is 3. The number of rotatable bonds is 0. The Morgan fingerprint density at radius 1 is 0.810 bits per heavy atom. The van der Waals surface area contributed by atoms with Crippen LogP contribution in [0.15, 0.2) is 12.4 Å². The summed E-state index contributed by atoms with van der Waals surface area (Å²) < 4.78 is 1.91. The van der Waals surface area contributed by atoms with E-state index in [1.807, 2.05) is 72.6 Å². The highest BCUT2D eigenvalue weighted by Gasteiger charge is 2.01. The Kier molecular flexibility index (Phi) is 12.4. The second-order valence-corrected chi connectivity index (χ2v) is 4.23. The summed E-state index contributed by atoms with van der Waals surface area (Å²) in [4.78, 5) is 7.94. The van der Waals surface area contributed by atoms with Gasteiger partial charge in [-0.15, -0.1) is 0 Å². The molecule has 0 saturated carbocycles. The fraction of sp³-hybridized carbons (Fsp3) is 0.588. The van der Waals surface area contributed by atoms with Gasteiger partial charge in [-0.05, 0) is 45.7 Å². The summed E-state index contributed by atoms with van der Waals surface area (Å²) in [6.45, 7) is 18.0. The number of nitrogens with zero attached hydrogens (tertiary/aromatic N) is 4. The second-order valence-electron chi connectivity index (χ2n) is 4.23. The van der Waals surface area contributed by atoms with Crippen LogP contribution in [0, 0.1) is 34.6 Å². The molecule has 0 saturated heterocycles. The van der Waals surface area contributed by atoms with Gasteiger partial charge in [0.1, 0.15) is 5.82 Å². The van der Waals surface area contributed by atoms with E-state index >= 15 is 0 Å². The lowest BCUT2D eigenvalue weighted by atomic mass is 10.2. The van der Waals surface area contributed by atoms with E-state index in [0.29, 0.717) is 0 Å². The smallest absolute Gasteiger partial charge is 0.125 e. The number of aromatic nitrogens is 4. The molecule has 21 heavy (non-hydrogen) atoms. The quantitative estimate of drug-likeness (QED) is 0.718. The summed E-state index contributed by atoms with van der Waals surface area (Å²) in [6.07, 6.45) is 3.62. The van der Waals surface area contributed by atoms with E-state index in [0.717, 1.165) is 17.1 Å². The van der Waals surface area contributed by atoms with E-state index in [9.17, 15) is 0 Å². The molecule has 0 atom stereocenters. The van der Waals surface area contributed by atoms with Crippen LogP contribution in [-0.2, 0) is 7.05 Å². The number of aryl methyl sites for hydroxylation is 4. The third-order valence-corrected chi connectivity index (χ3v) is 2.78. The summed E-state index contributed by atoms with van der Waals surface area (Å²) >= 11 is 0. The van der Waals surface area contributed by atoms with Gasteiger partial charge in [0.05, 0.1) is 5.69 Å². The first-order valence-electron chi connectivity index (χ1n) is 7.64. The van der Waals surface area contributed by atoms with Crippen LogP contribution in [-0.4, -0.2) is 19.7 Å². The van der Waals surface area contributed by atoms with Gasteiger partial charge in [0.2, 0.25) is 0 Å². The molecule has 0 bridgehead atoms. The standard InChI is InChI=1S/C7H12N2.C6H8N2.2C2H6/c1-5-6(2)8-9(4)7(5)3;1-5-3-7-6(2)8-4-5;2*1-2/h1-4H3;3-4H,1-2H3;2*1-2H3. The van der Waals surface area contributed by atoms with Crippen LogP contribution in [0.25, 0.3) is 0 Å². The van der Waals surface area contributed by atoms with Crippen molar-refractivity contribution in [2.75, 3.05) is 0 Å². The van der Waals surface area contributed by atoms with Crippen molar-refractivity contribution in [3.05, 3.63) is 40.7 Å². The van der Waals surface area contributed by atoms with E-state index in [-0.39, 0.29) is 0 Å². The fourth-order valence-electron chi connectivity index (χ4n) is 1.34. The molecular formula is C17H32N4. The predicted molar refractivity (Wildman–Crippen MR) is 91.6 cm³/mol. The zero-order valence-corrected chi connectivity index (χ0v) is 15.4. The van der Waals surface area contributed by atoms with Gasteiger partial charge in [-0.2, -0.15) is 5.10 Å². The normalized spacial score (nSPS) is 8.48. The Labute approximate surface area is 130 Å². The van der Waals surface area contributed by atoms with Crippen molar-refractivity contribution >= 4 is 0 Å². The van der Waals surface area contributed by atoms with Crippen molar-refractivity contribution in [2.45, 2.75) is 62.3 Å². The molecule has 0 aliphatic carbocycles. The first-order valence-corrected chi connectivity index (χ1v) is 7.64. The van der Waals surface area contributed by atoms with Crippen molar-refractivity contribution in [3.8, 4) is 0 Å². The van der Waals surface area contributed by atoms with Gasteiger partial charge >= 0.3 is 0 Å². The summed E-state index contributed by atoms with van der Waals surface area (Å²) in [7, 11) is 1.97. The molecule has 0 radical (unpaired) electrons. The lowest BCUT2D eigenvalue weighted by molar-refractivity contribution is 0.730. The molecule has 0 N–H and O–H groups in total. The van der Waals surface area contributed by atoms with E-state index in [1.165, 1.54) is 11.3 Å². The lowest BCUT2D eigenvalue weighted by Gasteiger charge is -1.90. The van der Waals surface area contributed by atoms with Crippen molar-refractivity contribution < 1.29 is 0 Å². The topological polar surface area (TPSA) is 43.6 Å². The van der Waals surface area contributed by atoms with Crippen molar-refractivity contribution in [3.63, 3.8) is 0 Å². The van der Waals surface area contributed by atoms with Crippen LogP contribution < -0.4 is 0 Å². The molecule has 0 unspecified atom stereocenters. The third-order valence-electron chi connectivity index (χ3n) is 2.78. The molecule has 120 valence electrons. The van der Waals surface area contributed by atoms with Gasteiger partial charge in [0, 0.05) is 25.1 Å². The van der Waals surface area contributed by atoms with Crippen molar-refractivity contribution in [2.24, 2.45) is 7.05 Å². The highest BCUT2D eigenvalue weighted by Crippen LogP contribution is 2.08. The summed E-state index contributed by atoms with van der Waals surface area (Å²) in [5, 5.41) is 4.23. The number of hydrogen-bond donors (Lipinski definition) is 0. The average Bonchev–Trinajstić information content (AvgIpc) is 2.73. The van der Waals surface area contributed by atoms with E-state index < -0.39 is 0 Å². The Morgan fingerprint density at radius 3 is 1.43 bits per heavy atom. The van der Waals surface area contributed by atoms with Gasteiger partial charge in [-0.1, -0.05) is 27.7 Å². The van der Waals surface area contributed by atoms with E-state index in [4.69, 9.17) is 0 Å². The zero-order chi connectivity index (χ0) is 17.0. The average molecular weight is 292 g/mol. The Morgan fingerprint density at radius 2 is 1.24 bits per heavy atom.